The first-order valence-electron chi connectivity index (χ1n) is 14.4. The average Bonchev–Trinajstić information content (AvgIpc) is 3.45. The van der Waals surface area contributed by atoms with Gasteiger partial charge in [0.1, 0.15) is 5.82 Å². The molecule has 3 N–H and O–H groups in total. The monoisotopic (exact) mass is 771 g/mol. The minimum Gasteiger partial charge on any atom is -0.503 e. The maximum atomic E-state index is 15.1. The summed E-state index contributed by atoms with van der Waals surface area (Å²) in [7, 11) is 1.40. The number of amides is 4. The van der Waals surface area contributed by atoms with Gasteiger partial charge in [-0.1, -0.05) is 35.4 Å². The molecule has 0 unspecified atom stereocenters. The third-order valence-corrected chi connectivity index (χ3v) is 12.2. The number of hydrogen-bond donors (Lipinski definition) is 3. The number of rotatable bonds is 5. The SMILES string of the molecule is COc1cc([C@H]2C3=CC[C@@H]4C(=O)NC(=O)[C@@H]4[C@@H]3C[C@H]3C(=O)N(Nc4ccc(F)cc4)C(=O)[C@@]23c2ccc(Cl)cc2)c(Br)c(Br)c1O. The van der Waals surface area contributed by atoms with Crippen molar-refractivity contribution in [2.45, 2.75) is 24.2 Å². The summed E-state index contributed by atoms with van der Waals surface area (Å²) in [5.41, 5.74) is 3.40. The molecule has 4 aliphatic rings. The number of nitrogens with zero attached hydrogens (tertiary/aromatic N) is 1. The van der Waals surface area contributed by atoms with Crippen LogP contribution in [-0.4, -0.2) is 40.9 Å². The molecule has 2 heterocycles. The molecular weight excluding hydrogens is 749 g/mol. The lowest BCUT2D eigenvalue weighted by Crippen LogP contribution is -2.53. The van der Waals surface area contributed by atoms with Crippen molar-refractivity contribution in [2.75, 3.05) is 12.5 Å². The van der Waals surface area contributed by atoms with Crippen LogP contribution in [-0.2, 0) is 24.6 Å². The van der Waals surface area contributed by atoms with Crippen molar-refractivity contribution in [2.24, 2.45) is 23.7 Å². The van der Waals surface area contributed by atoms with Crippen LogP contribution in [0.25, 0.3) is 0 Å². The highest BCUT2D eigenvalue weighted by Gasteiger charge is 2.70. The Balaban J connectivity index is 1.52. The molecule has 0 aromatic heterocycles. The molecule has 0 bridgehead atoms. The van der Waals surface area contributed by atoms with Crippen molar-refractivity contribution in [1.29, 1.82) is 0 Å². The number of carbonyl (C=O) groups excluding carboxylic acids is 4. The molecule has 4 amide bonds. The molecule has 3 fully saturated rings. The summed E-state index contributed by atoms with van der Waals surface area (Å²) in [4.78, 5) is 55.8. The van der Waals surface area contributed by atoms with Crippen LogP contribution in [0.4, 0.5) is 10.1 Å². The Bertz CT molecular complexity index is 1870. The highest BCUT2D eigenvalue weighted by molar-refractivity contribution is 9.13. The predicted octanol–water partition coefficient (Wildman–Crippen LogP) is 5.99. The molecular formula is C33H25Br2ClFN3O6. The molecule has 3 aromatic rings. The zero-order chi connectivity index (χ0) is 32.7. The summed E-state index contributed by atoms with van der Waals surface area (Å²) in [6.07, 6.45) is 2.28. The molecule has 236 valence electrons. The predicted molar refractivity (Wildman–Crippen MR) is 172 cm³/mol. The van der Waals surface area contributed by atoms with Gasteiger partial charge >= 0.3 is 0 Å². The number of phenolic OH excluding ortho intramolecular Hbond substituents is 1. The second-order valence-electron chi connectivity index (χ2n) is 11.9. The van der Waals surface area contributed by atoms with Gasteiger partial charge in [-0.25, -0.2) is 4.39 Å². The largest absolute Gasteiger partial charge is 0.503 e. The highest BCUT2D eigenvalue weighted by Crippen LogP contribution is 2.65. The van der Waals surface area contributed by atoms with Crippen LogP contribution < -0.4 is 15.5 Å². The minimum atomic E-state index is -1.58. The molecule has 2 aliphatic carbocycles. The number of aromatic hydroxyl groups is 1. The molecule has 2 saturated heterocycles. The van der Waals surface area contributed by atoms with Crippen molar-refractivity contribution in [3.05, 3.63) is 97.2 Å². The molecule has 9 nitrogen and oxygen atoms in total. The Morgan fingerprint density at radius 3 is 2.39 bits per heavy atom. The summed E-state index contributed by atoms with van der Waals surface area (Å²) in [5.74, 6) is -6.19. The molecule has 0 radical (unpaired) electrons. The van der Waals surface area contributed by atoms with E-state index < -0.39 is 58.5 Å². The lowest BCUT2D eigenvalue weighted by atomic mass is 9.49. The molecule has 0 spiro atoms. The first-order chi connectivity index (χ1) is 22.0. The van der Waals surface area contributed by atoms with Crippen LogP contribution in [0.15, 0.2) is 75.2 Å². The smallest absolute Gasteiger partial charge is 0.260 e. The van der Waals surface area contributed by atoms with E-state index in [1.54, 1.807) is 30.3 Å². The zero-order valence-corrected chi connectivity index (χ0v) is 27.9. The minimum absolute atomic E-state index is 0.104. The van der Waals surface area contributed by atoms with Crippen LogP contribution in [0.1, 0.15) is 29.9 Å². The standard InChI is InChI=1S/C33H25Br2ClFN3O6/c1-46-23-13-21(26(34)27(35)28(23)41)25-18-10-11-19-24(30(43)38-29(19)42)20(18)12-22-31(44)40(39-17-8-6-16(37)7-9-17)32(45)33(22,25)14-2-4-15(36)5-3-14/h2-10,13,19-20,22,24-25,39,41H,11-12H2,1H3,(H,38,42,43)/t19-,20+,22-,24-,25+,33+/m0/s1. The Morgan fingerprint density at radius 1 is 1.02 bits per heavy atom. The fourth-order valence-electron chi connectivity index (χ4n) is 7.89. The van der Waals surface area contributed by atoms with E-state index >= 15 is 4.79 Å². The van der Waals surface area contributed by atoms with Crippen LogP contribution >= 0.6 is 43.5 Å². The summed E-state index contributed by atoms with van der Waals surface area (Å²) in [6, 6.07) is 13.6. The number of benzene rings is 3. The van der Waals surface area contributed by atoms with E-state index in [1.165, 1.54) is 31.4 Å². The summed E-state index contributed by atoms with van der Waals surface area (Å²) < 4.78 is 20.0. The Morgan fingerprint density at radius 2 is 1.72 bits per heavy atom. The molecule has 3 aromatic carbocycles. The molecule has 6 atom stereocenters. The lowest BCUT2D eigenvalue weighted by Gasteiger charge is -2.51. The fraction of sp³-hybridized carbons (Fsp3) is 0.273. The quantitative estimate of drug-likeness (QED) is 0.215. The number of hydrazine groups is 1. The maximum Gasteiger partial charge on any atom is 0.260 e. The van der Waals surface area contributed by atoms with E-state index in [2.05, 4.69) is 42.6 Å². The Kier molecular flexibility index (Phi) is 7.52. The first kappa shape index (κ1) is 30.9. The van der Waals surface area contributed by atoms with E-state index in [1.807, 2.05) is 6.08 Å². The number of nitrogens with one attached hydrogen (secondary N) is 2. The zero-order valence-electron chi connectivity index (χ0n) is 24.0. The summed E-state index contributed by atoms with van der Waals surface area (Å²) in [6.45, 7) is 0. The normalized spacial score (nSPS) is 28.3. The molecule has 1 saturated carbocycles. The van der Waals surface area contributed by atoms with Crippen LogP contribution in [0, 0.1) is 29.5 Å². The van der Waals surface area contributed by atoms with Crippen molar-refractivity contribution >= 4 is 72.8 Å². The van der Waals surface area contributed by atoms with Crippen LogP contribution in [0.3, 0.4) is 0 Å². The Hall–Kier alpha value is -3.74. The number of methoxy groups -OCH3 is 1. The number of imide groups is 2. The van der Waals surface area contributed by atoms with Gasteiger partial charge in [0.05, 0.1) is 40.4 Å². The third kappa shape index (κ3) is 4.36. The van der Waals surface area contributed by atoms with Gasteiger partial charge < -0.3 is 9.84 Å². The Labute approximate surface area is 284 Å². The average molecular weight is 774 g/mol. The summed E-state index contributed by atoms with van der Waals surface area (Å²) >= 11 is 13.4. The van der Waals surface area contributed by atoms with E-state index in [9.17, 15) is 23.9 Å². The topological polar surface area (TPSA) is 125 Å². The number of carbonyl (C=O) groups is 4. The van der Waals surface area contributed by atoms with Gasteiger partial charge in [-0.05, 0) is 104 Å². The van der Waals surface area contributed by atoms with E-state index in [4.69, 9.17) is 16.3 Å². The van der Waals surface area contributed by atoms with Gasteiger partial charge in [-0.2, -0.15) is 5.01 Å². The molecule has 13 heteroatoms. The van der Waals surface area contributed by atoms with E-state index in [0.29, 0.717) is 26.3 Å². The second-order valence-corrected chi connectivity index (χ2v) is 13.9. The number of phenols is 1. The lowest BCUT2D eigenvalue weighted by molar-refractivity contribution is -0.138. The van der Waals surface area contributed by atoms with Gasteiger partial charge in [-0.15, -0.1) is 0 Å². The highest BCUT2D eigenvalue weighted by atomic mass is 79.9. The number of halogens is 4. The van der Waals surface area contributed by atoms with Gasteiger partial charge in [0.2, 0.25) is 11.8 Å². The van der Waals surface area contributed by atoms with Gasteiger partial charge in [0, 0.05) is 15.4 Å². The fourth-order valence-corrected chi connectivity index (χ4v) is 8.97. The molecule has 2 aliphatic heterocycles. The van der Waals surface area contributed by atoms with Crippen molar-refractivity contribution in [3.63, 3.8) is 0 Å². The third-order valence-electron chi connectivity index (χ3n) is 9.80. The molecule has 7 rings (SSSR count). The molecule has 46 heavy (non-hydrogen) atoms. The number of ether oxygens (including phenoxy) is 1. The van der Waals surface area contributed by atoms with Crippen molar-refractivity contribution in [1.82, 2.24) is 10.3 Å². The van der Waals surface area contributed by atoms with Gasteiger partial charge in [-0.3, -0.25) is 29.9 Å². The number of allylic oxidation sites excluding steroid dienone is 2. The van der Waals surface area contributed by atoms with Crippen LogP contribution in [0.5, 0.6) is 11.5 Å². The first-order valence-corrected chi connectivity index (χ1v) is 16.4. The van der Waals surface area contributed by atoms with Crippen molar-refractivity contribution in [3.8, 4) is 11.5 Å². The summed E-state index contributed by atoms with van der Waals surface area (Å²) in [5, 5.41) is 14.7. The number of anilines is 1. The van der Waals surface area contributed by atoms with Crippen LogP contribution in [0.2, 0.25) is 5.02 Å². The van der Waals surface area contributed by atoms with Gasteiger partial charge in [0.25, 0.3) is 11.8 Å². The van der Waals surface area contributed by atoms with E-state index in [-0.39, 0.29) is 34.7 Å². The van der Waals surface area contributed by atoms with Crippen molar-refractivity contribution < 1.29 is 33.4 Å². The second kappa shape index (κ2) is 11.2. The number of fused-ring (bicyclic) bond motifs is 4. The van der Waals surface area contributed by atoms with E-state index in [0.717, 1.165) is 10.6 Å². The van der Waals surface area contributed by atoms with Gasteiger partial charge in [0.15, 0.2) is 11.5 Å². The number of hydrogen-bond acceptors (Lipinski definition) is 7. The maximum absolute atomic E-state index is 15.1.